The van der Waals surface area contributed by atoms with Crippen LogP contribution < -0.4 is 9.47 Å². The fourth-order valence-electron chi connectivity index (χ4n) is 3.64. The van der Waals surface area contributed by atoms with Crippen molar-refractivity contribution in [3.8, 4) is 11.5 Å². The van der Waals surface area contributed by atoms with Crippen LogP contribution in [0.5, 0.6) is 11.5 Å². The number of hydrogen-bond donors (Lipinski definition) is 1. The summed E-state index contributed by atoms with van der Waals surface area (Å²) in [6.45, 7) is 2.52. The Morgan fingerprint density at radius 3 is 3.04 bits per heavy atom. The van der Waals surface area contributed by atoms with Crippen LogP contribution in [-0.4, -0.2) is 53.9 Å². The van der Waals surface area contributed by atoms with E-state index in [1.165, 1.54) is 7.11 Å². The van der Waals surface area contributed by atoms with Gasteiger partial charge < -0.3 is 24.2 Å². The van der Waals surface area contributed by atoms with Crippen molar-refractivity contribution in [1.82, 2.24) is 9.88 Å². The molecule has 0 saturated heterocycles. The Bertz CT molecular complexity index is 888. The smallest absolute Gasteiger partial charge is 0.249 e. The lowest BCUT2D eigenvalue weighted by molar-refractivity contribution is -0.137. The third-order valence-electron chi connectivity index (χ3n) is 4.86. The number of hydrogen-bond acceptors (Lipinski definition) is 6. The first-order chi connectivity index (χ1) is 12.5. The number of ether oxygens (including phenoxy) is 3. The van der Waals surface area contributed by atoms with E-state index >= 15 is 0 Å². The Morgan fingerprint density at radius 2 is 2.31 bits per heavy atom. The molecular formula is C18H19ClN2O5. The first-order valence-electron chi connectivity index (χ1n) is 8.37. The van der Waals surface area contributed by atoms with Gasteiger partial charge in [-0.2, -0.15) is 0 Å². The molecule has 0 unspecified atom stereocenters. The van der Waals surface area contributed by atoms with Gasteiger partial charge in [0.25, 0.3) is 0 Å². The molecule has 0 radical (unpaired) electrons. The molecule has 8 heteroatoms. The van der Waals surface area contributed by atoms with Crippen LogP contribution in [0.3, 0.4) is 0 Å². The molecule has 0 bridgehead atoms. The third-order valence-corrected chi connectivity index (χ3v) is 5.14. The van der Waals surface area contributed by atoms with Gasteiger partial charge >= 0.3 is 0 Å². The number of nitrogens with zero attached hydrogens (tertiary/aromatic N) is 2. The molecule has 7 nitrogen and oxygen atoms in total. The van der Waals surface area contributed by atoms with Gasteiger partial charge in [0.15, 0.2) is 17.6 Å². The summed E-state index contributed by atoms with van der Waals surface area (Å²) in [5.74, 6) is 0.848. The fourth-order valence-corrected chi connectivity index (χ4v) is 3.88. The Morgan fingerprint density at radius 1 is 1.50 bits per heavy atom. The lowest BCUT2D eigenvalue weighted by Crippen LogP contribution is -2.32. The Kier molecular flexibility index (Phi) is 4.38. The normalized spacial score (nSPS) is 21.2. The van der Waals surface area contributed by atoms with Crippen LogP contribution in [0.15, 0.2) is 12.3 Å². The van der Waals surface area contributed by atoms with E-state index in [2.05, 4.69) is 4.98 Å². The van der Waals surface area contributed by atoms with Gasteiger partial charge in [-0.05, 0) is 24.1 Å². The van der Waals surface area contributed by atoms with E-state index in [-0.39, 0.29) is 31.8 Å². The van der Waals surface area contributed by atoms with Crippen molar-refractivity contribution in [2.24, 2.45) is 0 Å². The van der Waals surface area contributed by atoms with Gasteiger partial charge in [-0.25, -0.2) is 0 Å². The predicted molar refractivity (Wildman–Crippen MR) is 94.6 cm³/mol. The number of halogens is 1. The Hall–Kier alpha value is -2.09. The summed E-state index contributed by atoms with van der Waals surface area (Å²) < 4.78 is 16.7. The maximum Gasteiger partial charge on any atom is 0.249 e. The molecule has 26 heavy (non-hydrogen) atoms. The molecule has 3 heterocycles. The van der Waals surface area contributed by atoms with Crippen LogP contribution in [0.25, 0.3) is 10.9 Å². The summed E-state index contributed by atoms with van der Waals surface area (Å²) >= 11 is 6.33. The van der Waals surface area contributed by atoms with Crippen molar-refractivity contribution < 1.29 is 24.1 Å². The average molecular weight is 379 g/mol. The summed E-state index contributed by atoms with van der Waals surface area (Å²) in [6.07, 6.45) is 1.30. The van der Waals surface area contributed by atoms with E-state index in [4.69, 9.17) is 25.8 Å². The fraction of sp³-hybridized carbons (Fsp3) is 0.444. The summed E-state index contributed by atoms with van der Waals surface area (Å²) in [5.41, 5.74) is 2.59. The molecule has 1 aromatic carbocycles. The molecular weight excluding hydrogens is 360 g/mol. The monoisotopic (exact) mass is 378 g/mol. The van der Waals surface area contributed by atoms with E-state index in [9.17, 15) is 9.90 Å². The number of fused-ring (bicyclic) bond motifs is 5. The second-order valence-corrected chi connectivity index (χ2v) is 6.88. The first-order valence-corrected chi connectivity index (χ1v) is 8.75. The first kappa shape index (κ1) is 17.3. The van der Waals surface area contributed by atoms with Crippen LogP contribution in [-0.2, 0) is 16.1 Å². The number of rotatable bonds is 3. The molecule has 138 valence electrons. The number of carbonyl (C=O) groups excluding carboxylic acids is 1. The van der Waals surface area contributed by atoms with E-state index < -0.39 is 6.10 Å². The van der Waals surface area contributed by atoms with Crippen molar-refractivity contribution in [1.29, 1.82) is 0 Å². The van der Waals surface area contributed by atoms with Crippen LogP contribution >= 0.6 is 11.6 Å². The highest BCUT2D eigenvalue weighted by Gasteiger charge is 2.35. The van der Waals surface area contributed by atoms with Crippen LogP contribution in [0.4, 0.5) is 0 Å². The molecule has 2 aliphatic heterocycles. The zero-order valence-corrected chi connectivity index (χ0v) is 15.2. The molecule has 0 aliphatic carbocycles. The van der Waals surface area contributed by atoms with Crippen LogP contribution in [0.1, 0.15) is 24.1 Å². The molecule has 2 aliphatic rings. The van der Waals surface area contributed by atoms with E-state index in [0.717, 1.165) is 16.5 Å². The minimum absolute atomic E-state index is 0.0276. The number of aliphatic hydroxyl groups excluding tert-OH is 1. The molecule has 1 aromatic heterocycles. The summed E-state index contributed by atoms with van der Waals surface area (Å²) in [7, 11) is 1.50. The standard InChI is InChI=1S/C18H19ClN2O5/c1-9-15-10(5-21(9)14(23)8-24-2)4-20-13-3-12(19)17-18(16(13)15)26-11(6-22)7-25-17/h3-4,9,11,22H,5-8H2,1-2H3/t9-,11-/m0/s1. The number of aliphatic hydroxyl groups is 1. The number of benzene rings is 1. The van der Waals surface area contributed by atoms with Gasteiger partial charge in [-0.1, -0.05) is 11.6 Å². The maximum absolute atomic E-state index is 12.4. The van der Waals surface area contributed by atoms with Gasteiger partial charge in [-0.15, -0.1) is 0 Å². The molecule has 2 aromatic rings. The molecule has 4 rings (SSSR count). The predicted octanol–water partition coefficient (Wildman–Crippen LogP) is 2.07. The molecule has 2 atom stereocenters. The molecule has 0 saturated carbocycles. The Balaban J connectivity index is 1.89. The lowest BCUT2D eigenvalue weighted by Gasteiger charge is -2.28. The summed E-state index contributed by atoms with van der Waals surface area (Å²) in [5, 5.41) is 10.6. The second-order valence-electron chi connectivity index (χ2n) is 6.47. The maximum atomic E-state index is 12.4. The number of aromatic nitrogens is 1. The zero-order valence-electron chi connectivity index (χ0n) is 14.5. The zero-order chi connectivity index (χ0) is 18.4. The van der Waals surface area contributed by atoms with E-state index in [1.807, 2.05) is 6.92 Å². The third kappa shape index (κ3) is 2.58. The highest BCUT2D eigenvalue weighted by Crippen LogP contribution is 2.49. The van der Waals surface area contributed by atoms with Crippen molar-refractivity contribution >= 4 is 28.4 Å². The highest BCUT2D eigenvalue weighted by atomic mass is 35.5. The van der Waals surface area contributed by atoms with Crippen LogP contribution in [0, 0.1) is 0 Å². The van der Waals surface area contributed by atoms with Gasteiger partial charge in [0.2, 0.25) is 5.91 Å². The number of carbonyl (C=O) groups is 1. The van der Waals surface area contributed by atoms with Crippen molar-refractivity contribution in [3.05, 3.63) is 28.4 Å². The van der Waals surface area contributed by atoms with Crippen molar-refractivity contribution in [3.63, 3.8) is 0 Å². The average Bonchev–Trinajstić information content (AvgIpc) is 2.98. The van der Waals surface area contributed by atoms with Gasteiger partial charge in [0.05, 0.1) is 28.6 Å². The summed E-state index contributed by atoms with van der Waals surface area (Å²) in [6, 6.07) is 1.58. The minimum atomic E-state index is -0.469. The number of pyridine rings is 1. The quantitative estimate of drug-likeness (QED) is 0.880. The van der Waals surface area contributed by atoms with Crippen molar-refractivity contribution in [2.75, 3.05) is 26.9 Å². The van der Waals surface area contributed by atoms with Gasteiger partial charge in [0.1, 0.15) is 13.2 Å². The number of amides is 1. The highest BCUT2D eigenvalue weighted by molar-refractivity contribution is 6.33. The van der Waals surface area contributed by atoms with Gasteiger partial charge in [-0.3, -0.25) is 9.78 Å². The molecule has 0 fully saturated rings. The van der Waals surface area contributed by atoms with E-state index in [0.29, 0.717) is 28.6 Å². The molecule has 1 amide bonds. The SMILES string of the molecule is COCC(=O)N1Cc2cnc3cc(Cl)c4c(c3c2[C@@H]1C)O[C@@H](CO)CO4. The topological polar surface area (TPSA) is 81.1 Å². The summed E-state index contributed by atoms with van der Waals surface area (Å²) in [4.78, 5) is 18.6. The Labute approximate surface area is 155 Å². The van der Waals surface area contributed by atoms with Crippen LogP contribution in [0.2, 0.25) is 5.02 Å². The van der Waals surface area contributed by atoms with Crippen molar-refractivity contribution in [2.45, 2.75) is 25.6 Å². The number of methoxy groups -OCH3 is 1. The largest absolute Gasteiger partial charge is 0.484 e. The van der Waals surface area contributed by atoms with E-state index in [1.54, 1.807) is 17.2 Å². The second kappa shape index (κ2) is 6.57. The molecule has 0 spiro atoms. The lowest BCUT2D eigenvalue weighted by atomic mass is 9.99. The van der Waals surface area contributed by atoms with Gasteiger partial charge in [0, 0.05) is 19.9 Å². The molecule has 1 N–H and O–H groups in total. The minimum Gasteiger partial charge on any atom is -0.484 e.